The molecule has 36 heavy (non-hydrogen) atoms. The standard InChI is InChI=1S/C19H23N9O6S2/c1-9-18(16(31)32,36-17-23-25-26-27(17)2)8-28-14(30)19(33-3,15(28)35-9)22-13(29)12(24-34-4)10-6-5-7-11(20)21-10/h5-7,9,15H,8H2,1-4H3,(H2,20,21)(H,22,29)(H,31,32)/t9?,15-,18?,19?/m1/s1. The summed E-state index contributed by atoms with van der Waals surface area (Å²) in [5.74, 6) is -2.35. The van der Waals surface area contributed by atoms with Gasteiger partial charge in [-0.2, -0.15) is 0 Å². The Bertz CT molecular complexity index is 1240. The Kier molecular flexibility index (Phi) is 6.80. The molecule has 0 radical (unpaired) electrons. The van der Waals surface area contributed by atoms with Crippen LogP contribution in [0, 0.1) is 0 Å². The number of hydrogen-bond donors (Lipinski definition) is 3. The van der Waals surface area contributed by atoms with Gasteiger partial charge in [-0.3, -0.25) is 14.4 Å². The predicted octanol–water partition coefficient (Wildman–Crippen LogP) is -1.08. The van der Waals surface area contributed by atoms with Crippen LogP contribution in [0.4, 0.5) is 5.82 Å². The number of aryl methyl sites for hydroxylation is 1. The zero-order chi connectivity index (χ0) is 26.3. The van der Waals surface area contributed by atoms with E-state index in [-0.39, 0.29) is 28.9 Å². The maximum absolute atomic E-state index is 13.4. The van der Waals surface area contributed by atoms with E-state index in [0.717, 1.165) is 11.8 Å². The number of nitrogens with zero attached hydrogens (tertiary/aromatic N) is 7. The number of fused-ring (bicyclic) bond motifs is 1. The van der Waals surface area contributed by atoms with E-state index in [1.165, 1.54) is 41.6 Å². The number of amides is 2. The molecule has 17 heteroatoms. The molecule has 0 aromatic carbocycles. The molecule has 0 bridgehead atoms. The average molecular weight is 538 g/mol. The summed E-state index contributed by atoms with van der Waals surface area (Å²) in [4.78, 5) is 49.3. The molecule has 2 aliphatic rings. The molecule has 4 heterocycles. The summed E-state index contributed by atoms with van der Waals surface area (Å²) >= 11 is 2.14. The SMILES string of the molecule is CON=C(C(=O)NC1(OC)C(=O)N2CC(Sc3nnnn3C)(C(=O)O)C(C)S[C@@H]21)c1cccc(N)n1. The third-order valence-corrected chi connectivity index (χ3v) is 9.21. The summed E-state index contributed by atoms with van der Waals surface area (Å²) < 4.78 is 5.45. The Balaban J connectivity index is 1.60. The van der Waals surface area contributed by atoms with Crippen LogP contribution in [0.1, 0.15) is 12.6 Å². The molecule has 2 aromatic rings. The molecular weight excluding hydrogens is 514 g/mol. The summed E-state index contributed by atoms with van der Waals surface area (Å²) in [6.07, 6.45) is 0. The van der Waals surface area contributed by atoms with Crippen LogP contribution in [0.15, 0.2) is 28.5 Å². The molecule has 0 spiro atoms. The van der Waals surface area contributed by atoms with E-state index in [2.05, 4.69) is 31.0 Å². The molecule has 2 aliphatic heterocycles. The van der Waals surface area contributed by atoms with Gasteiger partial charge in [0.2, 0.25) is 5.16 Å². The smallest absolute Gasteiger partial charge is 0.323 e. The van der Waals surface area contributed by atoms with Crippen LogP contribution in [-0.2, 0) is 31.0 Å². The summed E-state index contributed by atoms with van der Waals surface area (Å²) in [6.45, 7) is 1.57. The molecule has 15 nitrogen and oxygen atoms in total. The number of nitrogen functional groups attached to an aromatic ring is 1. The first-order valence-electron chi connectivity index (χ1n) is 10.4. The Morgan fingerprint density at radius 2 is 2.14 bits per heavy atom. The van der Waals surface area contributed by atoms with Crippen molar-refractivity contribution in [2.45, 2.75) is 33.2 Å². The maximum Gasteiger partial charge on any atom is 0.323 e. The minimum absolute atomic E-state index is 0.132. The molecule has 2 fully saturated rings. The van der Waals surface area contributed by atoms with E-state index in [1.54, 1.807) is 26.1 Å². The zero-order valence-electron chi connectivity index (χ0n) is 19.6. The molecule has 4 atom stereocenters. The molecule has 2 aromatic heterocycles. The highest BCUT2D eigenvalue weighted by molar-refractivity contribution is 8.05. The second kappa shape index (κ2) is 9.55. The van der Waals surface area contributed by atoms with E-state index < -0.39 is 38.9 Å². The number of nitrogens with two attached hydrogens (primary N) is 1. The Morgan fingerprint density at radius 1 is 1.39 bits per heavy atom. The van der Waals surface area contributed by atoms with Crippen molar-refractivity contribution in [2.24, 2.45) is 12.2 Å². The number of oxime groups is 1. The number of hydrogen-bond acceptors (Lipinski definition) is 13. The van der Waals surface area contributed by atoms with Crippen molar-refractivity contribution in [1.29, 1.82) is 0 Å². The molecule has 0 saturated carbocycles. The number of aliphatic carboxylic acids is 1. The summed E-state index contributed by atoms with van der Waals surface area (Å²) in [5, 5.41) is 26.7. The van der Waals surface area contributed by atoms with E-state index in [9.17, 15) is 19.5 Å². The topological polar surface area (TPSA) is 200 Å². The first kappa shape index (κ1) is 25.6. The van der Waals surface area contributed by atoms with Gasteiger partial charge in [-0.05, 0) is 22.6 Å². The minimum Gasteiger partial charge on any atom is -0.480 e. The van der Waals surface area contributed by atoms with Gasteiger partial charge in [-0.15, -0.1) is 16.9 Å². The van der Waals surface area contributed by atoms with Crippen molar-refractivity contribution >= 4 is 52.8 Å². The Labute approximate surface area is 213 Å². The number of thioether (sulfide) groups is 2. The number of carbonyl (C=O) groups is 3. The van der Waals surface area contributed by atoms with Crippen molar-refractivity contribution in [1.82, 2.24) is 35.4 Å². The third kappa shape index (κ3) is 4.01. The molecule has 2 saturated heterocycles. The number of pyridine rings is 1. The van der Waals surface area contributed by atoms with Crippen LogP contribution in [0.3, 0.4) is 0 Å². The van der Waals surface area contributed by atoms with Crippen LogP contribution in [0.5, 0.6) is 0 Å². The Hall–Kier alpha value is -3.44. The van der Waals surface area contributed by atoms with Gasteiger partial charge in [-0.1, -0.05) is 29.9 Å². The lowest BCUT2D eigenvalue weighted by molar-refractivity contribution is -0.196. The number of carbonyl (C=O) groups excluding carboxylic acids is 2. The van der Waals surface area contributed by atoms with Gasteiger partial charge in [0.15, 0.2) is 5.71 Å². The minimum atomic E-state index is -1.76. The summed E-state index contributed by atoms with van der Waals surface area (Å²) in [6, 6.07) is 4.64. The van der Waals surface area contributed by atoms with Crippen molar-refractivity contribution in [2.75, 3.05) is 26.5 Å². The Morgan fingerprint density at radius 3 is 2.72 bits per heavy atom. The number of rotatable bonds is 8. The van der Waals surface area contributed by atoms with Crippen LogP contribution >= 0.6 is 23.5 Å². The fraction of sp³-hybridized carbons (Fsp3) is 0.474. The molecule has 192 valence electrons. The molecule has 4 N–H and O–H groups in total. The van der Waals surface area contributed by atoms with Gasteiger partial charge >= 0.3 is 5.97 Å². The maximum atomic E-state index is 13.4. The van der Waals surface area contributed by atoms with Crippen molar-refractivity contribution in [3.8, 4) is 0 Å². The molecule has 4 rings (SSSR count). The molecule has 0 aliphatic carbocycles. The van der Waals surface area contributed by atoms with Gasteiger partial charge in [0.05, 0.1) is 0 Å². The van der Waals surface area contributed by atoms with Gasteiger partial charge in [0.25, 0.3) is 17.5 Å². The fourth-order valence-corrected chi connectivity index (χ4v) is 6.81. The van der Waals surface area contributed by atoms with E-state index in [4.69, 9.17) is 15.3 Å². The number of ether oxygens (including phenoxy) is 1. The van der Waals surface area contributed by atoms with Gasteiger partial charge in [-0.25, -0.2) is 9.67 Å². The number of carboxylic acid groups (broad SMARTS) is 1. The van der Waals surface area contributed by atoms with Crippen molar-refractivity contribution in [3.63, 3.8) is 0 Å². The molecule has 3 unspecified atom stereocenters. The number of anilines is 1. The number of aromatic nitrogens is 5. The summed E-state index contributed by atoms with van der Waals surface area (Å²) in [5.41, 5.74) is 3.88. The lowest BCUT2D eigenvalue weighted by Gasteiger charge is -2.60. The summed E-state index contributed by atoms with van der Waals surface area (Å²) in [7, 11) is 4.14. The zero-order valence-corrected chi connectivity index (χ0v) is 21.2. The van der Waals surface area contributed by atoms with Gasteiger partial charge < -0.3 is 30.6 Å². The predicted molar refractivity (Wildman–Crippen MR) is 128 cm³/mol. The van der Waals surface area contributed by atoms with Crippen LogP contribution in [0.2, 0.25) is 0 Å². The van der Waals surface area contributed by atoms with Crippen molar-refractivity contribution < 1.29 is 29.1 Å². The second-order valence-corrected chi connectivity index (χ2v) is 10.6. The number of β-lactam (4-membered cyclic amide) rings is 1. The normalized spacial score (nSPS) is 27.7. The van der Waals surface area contributed by atoms with Gasteiger partial charge in [0.1, 0.15) is 28.7 Å². The van der Waals surface area contributed by atoms with E-state index in [1.807, 2.05) is 0 Å². The third-order valence-electron chi connectivity index (χ3n) is 5.85. The number of tetrazole rings is 1. The lowest BCUT2D eigenvalue weighted by atomic mass is 9.95. The van der Waals surface area contributed by atoms with Crippen molar-refractivity contribution in [3.05, 3.63) is 23.9 Å². The second-order valence-electron chi connectivity index (χ2n) is 7.91. The number of nitrogens with one attached hydrogen (secondary N) is 1. The monoisotopic (exact) mass is 537 g/mol. The van der Waals surface area contributed by atoms with Crippen LogP contribution in [-0.4, -0.2) is 101 Å². The molecular formula is C19H23N9O6S2. The highest BCUT2D eigenvalue weighted by Gasteiger charge is 2.70. The quantitative estimate of drug-likeness (QED) is 0.159. The number of methoxy groups -OCH3 is 1. The first-order valence-corrected chi connectivity index (χ1v) is 12.2. The first-order chi connectivity index (χ1) is 17.1. The van der Waals surface area contributed by atoms with E-state index >= 15 is 0 Å². The molecule has 2 amide bonds. The highest BCUT2D eigenvalue weighted by Crippen LogP contribution is 2.53. The number of carboxylic acids is 1. The largest absolute Gasteiger partial charge is 0.480 e. The lowest BCUT2D eigenvalue weighted by Crippen LogP contribution is -2.84. The van der Waals surface area contributed by atoms with Gasteiger partial charge in [0, 0.05) is 26.0 Å². The van der Waals surface area contributed by atoms with Crippen LogP contribution in [0.25, 0.3) is 0 Å². The highest BCUT2D eigenvalue weighted by atomic mass is 32.2. The average Bonchev–Trinajstić information content (AvgIpc) is 3.25. The van der Waals surface area contributed by atoms with E-state index in [0.29, 0.717) is 0 Å². The van der Waals surface area contributed by atoms with Crippen LogP contribution < -0.4 is 11.1 Å². The fourth-order valence-electron chi connectivity index (χ4n) is 3.92.